The molecular formula is C10H9BrF4N2O3S. The third-order valence-electron chi connectivity index (χ3n) is 2.27. The lowest BCUT2D eigenvalue weighted by Crippen LogP contribution is -2.28. The van der Waals surface area contributed by atoms with Crippen LogP contribution in [-0.4, -0.2) is 27.0 Å². The SMILES string of the molecule is NS(=O)(=O)c1cc(C(=O)NCCC(F)(F)F)c(Br)cc1F. The van der Waals surface area contributed by atoms with Crippen molar-refractivity contribution in [3.8, 4) is 0 Å². The van der Waals surface area contributed by atoms with Crippen LogP contribution in [0, 0.1) is 5.82 Å². The number of nitrogens with one attached hydrogen (secondary N) is 1. The van der Waals surface area contributed by atoms with E-state index in [1.54, 1.807) is 0 Å². The van der Waals surface area contributed by atoms with E-state index in [0.717, 1.165) is 0 Å². The first-order chi connectivity index (χ1) is 9.42. The smallest absolute Gasteiger partial charge is 0.352 e. The molecule has 0 aliphatic rings. The van der Waals surface area contributed by atoms with Crippen LogP contribution in [0.4, 0.5) is 17.6 Å². The Morgan fingerprint density at radius 1 is 1.33 bits per heavy atom. The van der Waals surface area contributed by atoms with E-state index >= 15 is 0 Å². The van der Waals surface area contributed by atoms with E-state index in [1.165, 1.54) is 0 Å². The highest BCUT2D eigenvalue weighted by Gasteiger charge is 2.27. The van der Waals surface area contributed by atoms with Gasteiger partial charge in [0.2, 0.25) is 10.0 Å². The fourth-order valence-electron chi connectivity index (χ4n) is 1.33. The van der Waals surface area contributed by atoms with Crippen molar-refractivity contribution < 1.29 is 30.8 Å². The third kappa shape index (κ3) is 5.25. The Morgan fingerprint density at radius 3 is 2.38 bits per heavy atom. The molecule has 0 radical (unpaired) electrons. The zero-order valence-corrected chi connectivity index (χ0v) is 12.6. The number of benzene rings is 1. The fraction of sp³-hybridized carbons (Fsp3) is 0.300. The van der Waals surface area contributed by atoms with Crippen molar-refractivity contribution in [1.29, 1.82) is 0 Å². The van der Waals surface area contributed by atoms with Crippen LogP contribution in [0.15, 0.2) is 21.5 Å². The number of amides is 1. The number of hydrogen-bond acceptors (Lipinski definition) is 3. The summed E-state index contributed by atoms with van der Waals surface area (Å²) >= 11 is 2.82. The minimum Gasteiger partial charge on any atom is -0.352 e. The van der Waals surface area contributed by atoms with Gasteiger partial charge in [0, 0.05) is 11.0 Å². The molecule has 0 aliphatic heterocycles. The minimum atomic E-state index is -4.45. The van der Waals surface area contributed by atoms with Crippen LogP contribution in [0.5, 0.6) is 0 Å². The van der Waals surface area contributed by atoms with Gasteiger partial charge in [0.1, 0.15) is 10.7 Å². The number of alkyl halides is 3. The Bertz CT molecular complexity index is 661. The van der Waals surface area contributed by atoms with Crippen molar-refractivity contribution in [3.05, 3.63) is 28.0 Å². The Balaban J connectivity index is 3.00. The monoisotopic (exact) mass is 392 g/mol. The Hall–Kier alpha value is -1.20. The first-order valence-corrected chi connectivity index (χ1v) is 7.62. The number of nitrogens with two attached hydrogens (primary N) is 1. The predicted molar refractivity (Wildman–Crippen MR) is 68.5 cm³/mol. The molecule has 0 spiro atoms. The van der Waals surface area contributed by atoms with Gasteiger partial charge in [0.25, 0.3) is 5.91 Å². The van der Waals surface area contributed by atoms with Crippen molar-refractivity contribution in [2.24, 2.45) is 5.14 Å². The maximum atomic E-state index is 13.4. The number of hydrogen-bond donors (Lipinski definition) is 2. The van der Waals surface area contributed by atoms with Gasteiger partial charge in [-0.1, -0.05) is 0 Å². The highest BCUT2D eigenvalue weighted by atomic mass is 79.9. The molecule has 0 aliphatic carbocycles. The molecule has 0 heterocycles. The number of primary sulfonamides is 1. The third-order valence-corrected chi connectivity index (χ3v) is 3.85. The van der Waals surface area contributed by atoms with Crippen LogP contribution < -0.4 is 10.5 Å². The lowest BCUT2D eigenvalue weighted by Gasteiger charge is -2.10. The molecule has 0 unspecified atom stereocenters. The molecule has 0 bridgehead atoms. The van der Waals surface area contributed by atoms with Crippen LogP contribution in [0.1, 0.15) is 16.8 Å². The molecule has 1 aromatic carbocycles. The average Bonchev–Trinajstić information content (AvgIpc) is 2.24. The van der Waals surface area contributed by atoms with E-state index in [0.29, 0.717) is 12.1 Å². The van der Waals surface area contributed by atoms with E-state index in [-0.39, 0.29) is 10.0 Å². The van der Waals surface area contributed by atoms with Gasteiger partial charge in [-0.3, -0.25) is 4.79 Å². The van der Waals surface area contributed by atoms with Gasteiger partial charge in [-0.15, -0.1) is 0 Å². The summed E-state index contributed by atoms with van der Waals surface area (Å²) in [4.78, 5) is 10.8. The predicted octanol–water partition coefficient (Wildman–Crippen LogP) is 1.92. The molecule has 0 atom stereocenters. The summed E-state index contributed by atoms with van der Waals surface area (Å²) in [6, 6.07) is 1.34. The van der Waals surface area contributed by atoms with Gasteiger partial charge < -0.3 is 5.32 Å². The zero-order chi connectivity index (χ0) is 16.4. The first-order valence-electron chi connectivity index (χ1n) is 5.28. The molecule has 0 aromatic heterocycles. The van der Waals surface area contributed by atoms with E-state index in [9.17, 15) is 30.8 Å². The quantitative estimate of drug-likeness (QED) is 0.767. The largest absolute Gasteiger partial charge is 0.390 e. The summed E-state index contributed by atoms with van der Waals surface area (Å²) in [5.74, 6) is -2.17. The second-order valence-corrected chi connectivity index (χ2v) is 6.31. The summed E-state index contributed by atoms with van der Waals surface area (Å²) in [5.41, 5.74) is -0.345. The molecule has 1 amide bonds. The fourth-order valence-corrected chi connectivity index (χ4v) is 2.44. The Kier molecular flexibility index (Phi) is 5.34. The molecule has 0 saturated heterocycles. The van der Waals surface area contributed by atoms with E-state index < -0.39 is 45.8 Å². The molecule has 1 aromatic rings. The summed E-state index contributed by atoms with van der Waals surface area (Å²) in [6.45, 7) is -0.698. The summed E-state index contributed by atoms with van der Waals surface area (Å²) in [6.07, 6.45) is -5.70. The average molecular weight is 393 g/mol. The minimum absolute atomic E-state index is 0.114. The second-order valence-electron chi connectivity index (χ2n) is 3.93. The number of rotatable bonds is 4. The topological polar surface area (TPSA) is 89.3 Å². The standard InChI is InChI=1S/C10H9BrF4N2O3S/c11-6-4-7(12)8(21(16,19)20)3-5(6)9(18)17-2-1-10(13,14)15/h3-4H,1-2H2,(H,17,18)(H2,16,19,20). The van der Waals surface area contributed by atoms with E-state index in [1.807, 2.05) is 5.32 Å². The van der Waals surface area contributed by atoms with Crippen LogP contribution >= 0.6 is 15.9 Å². The molecule has 21 heavy (non-hydrogen) atoms. The van der Waals surface area contributed by atoms with Crippen LogP contribution in [-0.2, 0) is 10.0 Å². The maximum absolute atomic E-state index is 13.4. The molecular weight excluding hydrogens is 384 g/mol. The first kappa shape index (κ1) is 17.9. The number of carbonyl (C=O) groups excluding carboxylic acids is 1. The van der Waals surface area contributed by atoms with Crippen molar-refractivity contribution in [1.82, 2.24) is 5.32 Å². The van der Waals surface area contributed by atoms with Crippen molar-refractivity contribution in [2.45, 2.75) is 17.5 Å². The van der Waals surface area contributed by atoms with Gasteiger partial charge in [-0.05, 0) is 28.1 Å². The molecule has 11 heteroatoms. The van der Waals surface area contributed by atoms with Gasteiger partial charge in [-0.25, -0.2) is 17.9 Å². The van der Waals surface area contributed by atoms with Crippen LogP contribution in [0.25, 0.3) is 0 Å². The summed E-state index contributed by atoms with van der Waals surface area (Å²) in [7, 11) is -4.41. The molecule has 1 rings (SSSR count). The lowest BCUT2D eigenvalue weighted by atomic mass is 10.2. The van der Waals surface area contributed by atoms with Crippen LogP contribution in [0.3, 0.4) is 0 Å². The van der Waals surface area contributed by atoms with Gasteiger partial charge in [0.05, 0.1) is 12.0 Å². The number of carbonyl (C=O) groups is 1. The highest BCUT2D eigenvalue weighted by molar-refractivity contribution is 9.10. The van der Waals surface area contributed by atoms with Crippen LogP contribution in [0.2, 0.25) is 0 Å². The van der Waals surface area contributed by atoms with Gasteiger partial charge in [0.15, 0.2) is 0 Å². The normalized spacial score (nSPS) is 12.3. The zero-order valence-electron chi connectivity index (χ0n) is 10.2. The number of halogens is 5. The molecule has 3 N–H and O–H groups in total. The van der Waals surface area contributed by atoms with Crippen molar-refractivity contribution in [3.63, 3.8) is 0 Å². The van der Waals surface area contributed by atoms with Crippen molar-refractivity contribution >= 4 is 31.9 Å². The molecule has 118 valence electrons. The molecule has 0 fully saturated rings. The summed E-state index contributed by atoms with van der Waals surface area (Å²) in [5, 5.41) is 6.72. The maximum Gasteiger partial charge on any atom is 0.390 e. The lowest BCUT2D eigenvalue weighted by molar-refractivity contribution is -0.132. The summed E-state index contributed by atoms with van der Waals surface area (Å²) < 4.78 is 71.4. The second kappa shape index (κ2) is 6.28. The molecule has 5 nitrogen and oxygen atoms in total. The molecule has 0 saturated carbocycles. The highest BCUT2D eigenvalue weighted by Crippen LogP contribution is 2.24. The Morgan fingerprint density at radius 2 is 1.90 bits per heavy atom. The van der Waals surface area contributed by atoms with Crippen molar-refractivity contribution in [2.75, 3.05) is 6.54 Å². The Labute approximate surface area is 125 Å². The van der Waals surface area contributed by atoms with Gasteiger partial charge in [-0.2, -0.15) is 13.2 Å². The van der Waals surface area contributed by atoms with E-state index in [4.69, 9.17) is 5.14 Å². The number of sulfonamides is 1. The van der Waals surface area contributed by atoms with E-state index in [2.05, 4.69) is 15.9 Å². The van der Waals surface area contributed by atoms with Gasteiger partial charge >= 0.3 is 6.18 Å².